The summed E-state index contributed by atoms with van der Waals surface area (Å²) in [5.74, 6) is 0. The number of hydrogen-bond donors (Lipinski definition) is 0. The lowest BCUT2D eigenvalue weighted by Gasteiger charge is -2.09. The van der Waals surface area contributed by atoms with Crippen LogP contribution in [0.1, 0.15) is 16.8 Å². The minimum Gasteiger partial charge on any atom is -0.221 e. The Labute approximate surface area is 119 Å². The fourth-order valence-corrected chi connectivity index (χ4v) is 1.95. The van der Waals surface area contributed by atoms with Crippen LogP contribution in [0.25, 0.3) is 5.69 Å². The van der Waals surface area contributed by atoms with Gasteiger partial charge in [-0.25, -0.2) is 4.68 Å². The Balaban J connectivity index is 2.58. The van der Waals surface area contributed by atoms with E-state index in [1.54, 1.807) is 0 Å². The molecule has 0 amide bonds. The molecule has 2 aromatic rings. The molecule has 0 aliphatic rings. The third-order valence-corrected chi connectivity index (χ3v) is 3.18. The Bertz CT molecular complexity index is 671. The molecule has 114 valence electrons. The van der Waals surface area contributed by atoms with Crippen LogP contribution in [0.4, 0.5) is 26.3 Å². The number of halogens is 7. The van der Waals surface area contributed by atoms with Crippen molar-refractivity contribution in [3.8, 4) is 5.69 Å². The summed E-state index contributed by atoms with van der Waals surface area (Å²) >= 11 is 5.74. The summed E-state index contributed by atoms with van der Waals surface area (Å²) in [5, 5.41) is 2.88. The molecule has 0 aliphatic heterocycles. The minimum atomic E-state index is -4.74. The molecule has 21 heavy (non-hydrogen) atoms. The van der Waals surface area contributed by atoms with Crippen LogP contribution in [0, 0.1) is 6.92 Å². The molecule has 0 saturated heterocycles. The summed E-state index contributed by atoms with van der Waals surface area (Å²) in [6, 6.07) is 3.74. The first-order valence-corrected chi connectivity index (χ1v) is 5.89. The van der Waals surface area contributed by atoms with Crippen LogP contribution >= 0.6 is 11.6 Å². The van der Waals surface area contributed by atoms with Crippen LogP contribution in [0.5, 0.6) is 0 Å². The van der Waals surface area contributed by atoms with E-state index in [0.29, 0.717) is 10.7 Å². The molecule has 1 heterocycles. The van der Waals surface area contributed by atoms with E-state index in [0.717, 1.165) is 19.1 Å². The van der Waals surface area contributed by atoms with Crippen molar-refractivity contribution in [3.63, 3.8) is 0 Å². The Kier molecular flexibility index (Phi) is 3.69. The number of rotatable bonds is 1. The Hall–Kier alpha value is -1.70. The Morgan fingerprint density at radius 3 is 2.14 bits per heavy atom. The lowest BCUT2D eigenvalue weighted by Crippen LogP contribution is -2.09. The van der Waals surface area contributed by atoms with Crippen LogP contribution < -0.4 is 0 Å². The maximum Gasteiger partial charge on any atom is 0.435 e. The van der Waals surface area contributed by atoms with Crippen LogP contribution in [0.15, 0.2) is 24.3 Å². The van der Waals surface area contributed by atoms with Gasteiger partial charge in [0.25, 0.3) is 0 Å². The zero-order valence-corrected chi connectivity index (χ0v) is 11.1. The quantitative estimate of drug-likeness (QED) is 0.683. The molecule has 0 bridgehead atoms. The van der Waals surface area contributed by atoms with Crippen molar-refractivity contribution >= 4 is 11.6 Å². The van der Waals surface area contributed by atoms with Crippen LogP contribution in [0.3, 0.4) is 0 Å². The van der Waals surface area contributed by atoms with Gasteiger partial charge in [-0.15, -0.1) is 0 Å². The molecule has 0 atom stereocenters. The van der Waals surface area contributed by atoms with E-state index >= 15 is 0 Å². The van der Waals surface area contributed by atoms with E-state index in [-0.39, 0.29) is 16.4 Å². The van der Waals surface area contributed by atoms with E-state index in [9.17, 15) is 26.3 Å². The summed E-state index contributed by atoms with van der Waals surface area (Å²) < 4.78 is 76.6. The minimum absolute atomic E-state index is 0.201. The van der Waals surface area contributed by atoms with Crippen molar-refractivity contribution < 1.29 is 26.3 Å². The van der Waals surface area contributed by atoms with Gasteiger partial charge in [-0.1, -0.05) is 17.7 Å². The van der Waals surface area contributed by atoms with Gasteiger partial charge < -0.3 is 0 Å². The van der Waals surface area contributed by atoms with E-state index in [2.05, 4.69) is 5.10 Å². The summed E-state index contributed by atoms with van der Waals surface area (Å²) in [6.07, 6.45) is -9.35. The van der Waals surface area contributed by atoms with Gasteiger partial charge in [0.1, 0.15) is 5.15 Å². The second-order valence-corrected chi connectivity index (χ2v) is 4.58. The lowest BCUT2D eigenvalue weighted by molar-refractivity contribution is -0.142. The molecule has 0 unspecified atom stereocenters. The van der Waals surface area contributed by atoms with Crippen LogP contribution in [-0.4, -0.2) is 9.78 Å². The first-order valence-electron chi connectivity index (χ1n) is 5.52. The number of benzene rings is 1. The first kappa shape index (κ1) is 15.7. The van der Waals surface area contributed by atoms with Crippen molar-refractivity contribution in [3.05, 3.63) is 46.2 Å². The molecule has 0 aliphatic carbocycles. The summed E-state index contributed by atoms with van der Waals surface area (Å²) in [7, 11) is 0. The summed E-state index contributed by atoms with van der Waals surface area (Å²) in [4.78, 5) is 0. The highest BCUT2D eigenvalue weighted by Gasteiger charge is 2.38. The zero-order chi connectivity index (χ0) is 16.0. The van der Waals surface area contributed by atoms with E-state index in [1.807, 2.05) is 0 Å². The van der Waals surface area contributed by atoms with Gasteiger partial charge in [-0.05, 0) is 25.1 Å². The monoisotopic (exact) mass is 328 g/mol. The number of aromatic nitrogens is 2. The topological polar surface area (TPSA) is 17.8 Å². The molecule has 0 radical (unpaired) electrons. The van der Waals surface area contributed by atoms with Gasteiger partial charge in [-0.3, -0.25) is 0 Å². The van der Waals surface area contributed by atoms with Crippen LogP contribution in [-0.2, 0) is 12.4 Å². The van der Waals surface area contributed by atoms with Gasteiger partial charge in [0.2, 0.25) is 0 Å². The first-order chi connectivity index (χ1) is 9.51. The second kappa shape index (κ2) is 4.94. The highest BCUT2D eigenvalue weighted by atomic mass is 35.5. The average molecular weight is 329 g/mol. The summed E-state index contributed by atoms with van der Waals surface area (Å²) in [6.45, 7) is 1.10. The average Bonchev–Trinajstić information content (AvgIpc) is 2.65. The molecule has 1 aromatic carbocycles. The molecule has 2 rings (SSSR count). The van der Waals surface area contributed by atoms with Gasteiger partial charge in [0.15, 0.2) is 5.69 Å². The molecule has 0 N–H and O–H groups in total. The molecular weight excluding hydrogens is 322 g/mol. The number of hydrogen-bond acceptors (Lipinski definition) is 1. The van der Waals surface area contributed by atoms with Gasteiger partial charge in [0, 0.05) is 5.56 Å². The molecule has 2 nitrogen and oxygen atoms in total. The molecule has 0 spiro atoms. The molecular formula is C12H7ClF6N2. The van der Waals surface area contributed by atoms with Gasteiger partial charge in [-0.2, -0.15) is 31.4 Å². The molecule has 9 heteroatoms. The fraction of sp³-hybridized carbons (Fsp3) is 0.250. The van der Waals surface area contributed by atoms with Gasteiger partial charge in [0.05, 0.1) is 11.3 Å². The molecule has 0 fully saturated rings. The fourth-order valence-electron chi connectivity index (χ4n) is 1.73. The van der Waals surface area contributed by atoms with E-state index in [1.165, 1.54) is 6.07 Å². The smallest absolute Gasteiger partial charge is 0.221 e. The third kappa shape index (κ3) is 2.99. The van der Waals surface area contributed by atoms with Crippen molar-refractivity contribution in [1.82, 2.24) is 9.78 Å². The number of alkyl halides is 6. The second-order valence-electron chi connectivity index (χ2n) is 4.22. The molecule has 0 saturated carbocycles. The standard InChI is InChI=1S/C12H7ClF6N2/c1-6-9(12(17,18)19)20-21(10(6)13)8-4-2-3-7(5-8)11(14,15)16/h2-5H,1H3. The van der Waals surface area contributed by atoms with Crippen molar-refractivity contribution in [2.24, 2.45) is 0 Å². The highest BCUT2D eigenvalue weighted by Crippen LogP contribution is 2.36. The van der Waals surface area contributed by atoms with Crippen LogP contribution in [0.2, 0.25) is 5.15 Å². The number of nitrogens with zero attached hydrogens (tertiary/aromatic N) is 2. The van der Waals surface area contributed by atoms with E-state index in [4.69, 9.17) is 11.6 Å². The molecule has 1 aromatic heterocycles. The largest absolute Gasteiger partial charge is 0.435 e. The SMILES string of the molecule is Cc1c(C(F)(F)F)nn(-c2cccc(C(F)(F)F)c2)c1Cl. The Morgan fingerprint density at radius 2 is 1.67 bits per heavy atom. The van der Waals surface area contributed by atoms with Crippen molar-refractivity contribution in [2.45, 2.75) is 19.3 Å². The third-order valence-electron chi connectivity index (χ3n) is 2.74. The normalized spacial score (nSPS) is 12.8. The van der Waals surface area contributed by atoms with E-state index < -0.39 is 23.6 Å². The van der Waals surface area contributed by atoms with Crippen molar-refractivity contribution in [1.29, 1.82) is 0 Å². The summed E-state index contributed by atoms with van der Waals surface area (Å²) in [5.41, 5.74) is -2.78. The Morgan fingerprint density at radius 1 is 1.05 bits per heavy atom. The maximum atomic E-state index is 12.7. The zero-order valence-electron chi connectivity index (χ0n) is 10.3. The predicted molar refractivity (Wildman–Crippen MR) is 63.3 cm³/mol. The van der Waals surface area contributed by atoms with Gasteiger partial charge >= 0.3 is 12.4 Å². The maximum absolute atomic E-state index is 12.7. The highest BCUT2D eigenvalue weighted by molar-refractivity contribution is 6.30. The predicted octanol–water partition coefficient (Wildman–Crippen LogP) is 4.87. The lowest BCUT2D eigenvalue weighted by atomic mass is 10.2. The van der Waals surface area contributed by atoms with Crippen molar-refractivity contribution in [2.75, 3.05) is 0 Å².